The first kappa shape index (κ1) is 14.2. The van der Waals surface area contributed by atoms with Gasteiger partial charge in [0.1, 0.15) is 0 Å². The molecule has 0 radical (unpaired) electrons. The number of hydrogen-bond donors (Lipinski definition) is 1. The highest BCUT2D eigenvalue weighted by atomic mass is 16.4. The smallest absolute Gasteiger partial charge is 0.328 e. The van der Waals surface area contributed by atoms with Gasteiger partial charge in [0.2, 0.25) is 0 Å². The number of carbonyl (C=O) groups is 1. The maximum atomic E-state index is 10.3. The Balaban J connectivity index is 3.82. The molecule has 0 aliphatic heterocycles. The fraction of sp³-hybridized carbons (Fsp3) is 0.750. The van der Waals surface area contributed by atoms with Crippen molar-refractivity contribution in [3.05, 3.63) is 12.2 Å². The van der Waals surface area contributed by atoms with Crippen molar-refractivity contribution in [1.29, 1.82) is 0 Å². The number of hydrogen-bond acceptors (Lipinski definition) is 2. The van der Waals surface area contributed by atoms with Crippen LogP contribution in [0.15, 0.2) is 12.2 Å². The molecule has 0 fully saturated rings. The van der Waals surface area contributed by atoms with Gasteiger partial charge < -0.3 is 5.11 Å². The van der Waals surface area contributed by atoms with E-state index in [1.165, 1.54) is 31.8 Å². The van der Waals surface area contributed by atoms with Crippen LogP contribution in [0.4, 0.5) is 0 Å². The molecule has 0 aromatic heterocycles. The Hall–Kier alpha value is -0.830. The minimum absolute atomic E-state index is 0.756. The Kier molecular flexibility index (Phi) is 9.18. The molecule has 0 aliphatic rings. The molecule has 0 rings (SSSR count). The summed E-state index contributed by atoms with van der Waals surface area (Å²) in [6.07, 6.45) is 7.70. The lowest BCUT2D eigenvalue weighted by molar-refractivity contribution is -0.131. The molecule has 88 valence electrons. The van der Waals surface area contributed by atoms with Gasteiger partial charge >= 0.3 is 5.97 Å². The normalized spacial score (nSPS) is 11.4. The molecule has 0 aromatic rings. The lowest BCUT2D eigenvalue weighted by Gasteiger charge is -2.19. The molecule has 0 amide bonds. The van der Waals surface area contributed by atoms with Crippen LogP contribution in [0.25, 0.3) is 0 Å². The number of carboxylic acids is 1. The Morgan fingerprint density at radius 1 is 1.20 bits per heavy atom. The van der Waals surface area contributed by atoms with Gasteiger partial charge in [0.05, 0.1) is 0 Å². The van der Waals surface area contributed by atoms with Gasteiger partial charge in [-0.3, -0.25) is 4.90 Å². The van der Waals surface area contributed by atoms with E-state index in [0.717, 1.165) is 19.6 Å². The van der Waals surface area contributed by atoms with E-state index in [2.05, 4.69) is 18.7 Å². The van der Waals surface area contributed by atoms with Gasteiger partial charge in [-0.25, -0.2) is 4.79 Å². The first-order valence-corrected chi connectivity index (χ1v) is 5.82. The summed E-state index contributed by atoms with van der Waals surface area (Å²) in [5.41, 5.74) is 0. The van der Waals surface area contributed by atoms with Gasteiger partial charge in [-0.2, -0.15) is 0 Å². The molecule has 3 heteroatoms. The number of unbranched alkanes of at least 4 members (excludes halogenated alkanes) is 2. The van der Waals surface area contributed by atoms with Crippen molar-refractivity contribution in [3.63, 3.8) is 0 Å². The monoisotopic (exact) mass is 213 g/mol. The lowest BCUT2D eigenvalue weighted by atomic mass is 10.2. The zero-order valence-corrected chi connectivity index (χ0v) is 9.91. The second-order valence-electron chi connectivity index (χ2n) is 3.75. The summed E-state index contributed by atoms with van der Waals surface area (Å²) in [7, 11) is 0. The summed E-state index contributed by atoms with van der Waals surface area (Å²) < 4.78 is 0. The predicted molar refractivity (Wildman–Crippen MR) is 63.0 cm³/mol. The van der Waals surface area contributed by atoms with Gasteiger partial charge in [-0.15, -0.1) is 0 Å². The van der Waals surface area contributed by atoms with Crippen molar-refractivity contribution >= 4 is 5.97 Å². The average molecular weight is 213 g/mol. The number of aliphatic carboxylic acids is 1. The van der Waals surface area contributed by atoms with Crippen LogP contribution < -0.4 is 0 Å². The molecule has 0 saturated carbocycles. The third kappa shape index (κ3) is 9.47. The van der Waals surface area contributed by atoms with Crippen molar-refractivity contribution in [2.75, 3.05) is 19.6 Å². The van der Waals surface area contributed by atoms with Gasteiger partial charge in [0.15, 0.2) is 0 Å². The summed E-state index contributed by atoms with van der Waals surface area (Å²) >= 11 is 0. The molecule has 0 saturated heterocycles. The Bertz CT molecular complexity index is 182. The quantitative estimate of drug-likeness (QED) is 0.598. The first-order valence-electron chi connectivity index (χ1n) is 5.82. The van der Waals surface area contributed by atoms with E-state index >= 15 is 0 Å². The standard InChI is InChI=1S/C12H23NO2/c1-3-5-9-13(10-6-4-2)11-7-8-12(14)15/h7-8H,3-6,9-11H2,1-2H3,(H,14,15). The first-order chi connectivity index (χ1) is 7.20. The highest BCUT2D eigenvalue weighted by Gasteiger charge is 2.01. The van der Waals surface area contributed by atoms with Crippen LogP contribution >= 0.6 is 0 Å². The van der Waals surface area contributed by atoms with Crippen LogP contribution in [0.5, 0.6) is 0 Å². The van der Waals surface area contributed by atoms with Crippen molar-refractivity contribution in [1.82, 2.24) is 4.90 Å². The maximum absolute atomic E-state index is 10.3. The van der Waals surface area contributed by atoms with Gasteiger partial charge in [-0.05, 0) is 25.9 Å². The van der Waals surface area contributed by atoms with Gasteiger partial charge in [-0.1, -0.05) is 32.8 Å². The van der Waals surface area contributed by atoms with E-state index in [1.807, 2.05) is 0 Å². The van der Waals surface area contributed by atoms with Gasteiger partial charge in [0, 0.05) is 12.6 Å². The SMILES string of the molecule is CCCCN(CC=CC(=O)O)CCCC. The van der Waals surface area contributed by atoms with Gasteiger partial charge in [0.25, 0.3) is 0 Å². The third-order valence-corrected chi connectivity index (χ3v) is 2.28. The van der Waals surface area contributed by atoms with Crippen LogP contribution in [-0.2, 0) is 4.79 Å². The average Bonchev–Trinajstić information content (AvgIpc) is 2.20. The van der Waals surface area contributed by atoms with E-state index in [-0.39, 0.29) is 0 Å². The van der Waals surface area contributed by atoms with Crippen LogP contribution in [0.1, 0.15) is 39.5 Å². The van der Waals surface area contributed by atoms with Crippen LogP contribution in [-0.4, -0.2) is 35.6 Å². The Morgan fingerprint density at radius 3 is 2.13 bits per heavy atom. The molecule has 0 bridgehead atoms. The van der Waals surface area contributed by atoms with E-state index in [0.29, 0.717) is 0 Å². The molecule has 0 unspecified atom stereocenters. The predicted octanol–water partition coefficient (Wildman–Crippen LogP) is 2.53. The van der Waals surface area contributed by atoms with E-state index in [1.54, 1.807) is 6.08 Å². The van der Waals surface area contributed by atoms with E-state index in [4.69, 9.17) is 5.11 Å². The van der Waals surface area contributed by atoms with Crippen LogP contribution in [0.2, 0.25) is 0 Å². The summed E-state index contributed by atoms with van der Waals surface area (Å²) in [6, 6.07) is 0. The highest BCUT2D eigenvalue weighted by Crippen LogP contribution is 1.99. The highest BCUT2D eigenvalue weighted by molar-refractivity contribution is 5.79. The fourth-order valence-corrected chi connectivity index (χ4v) is 1.36. The molecule has 0 heterocycles. The minimum Gasteiger partial charge on any atom is -0.478 e. The number of carboxylic acid groups (broad SMARTS) is 1. The molecule has 3 nitrogen and oxygen atoms in total. The summed E-state index contributed by atoms with van der Waals surface area (Å²) in [6.45, 7) is 7.24. The zero-order chi connectivity index (χ0) is 11.5. The van der Waals surface area contributed by atoms with Crippen molar-refractivity contribution in [3.8, 4) is 0 Å². The number of nitrogens with zero attached hydrogens (tertiary/aromatic N) is 1. The lowest BCUT2D eigenvalue weighted by Crippen LogP contribution is -2.26. The molecular formula is C12H23NO2. The van der Waals surface area contributed by atoms with Crippen molar-refractivity contribution in [2.24, 2.45) is 0 Å². The largest absolute Gasteiger partial charge is 0.478 e. The topological polar surface area (TPSA) is 40.5 Å². The van der Waals surface area contributed by atoms with E-state index < -0.39 is 5.97 Å². The molecular weight excluding hydrogens is 190 g/mol. The maximum Gasteiger partial charge on any atom is 0.328 e. The summed E-state index contributed by atoms with van der Waals surface area (Å²) in [5, 5.41) is 8.47. The molecule has 15 heavy (non-hydrogen) atoms. The second kappa shape index (κ2) is 9.71. The number of rotatable bonds is 9. The van der Waals surface area contributed by atoms with Crippen LogP contribution in [0, 0.1) is 0 Å². The molecule has 0 aliphatic carbocycles. The molecule has 1 N–H and O–H groups in total. The van der Waals surface area contributed by atoms with Crippen LogP contribution in [0.3, 0.4) is 0 Å². The van der Waals surface area contributed by atoms with Crippen molar-refractivity contribution in [2.45, 2.75) is 39.5 Å². The molecule has 0 atom stereocenters. The Labute approximate surface area is 92.8 Å². The van der Waals surface area contributed by atoms with Crippen molar-refractivity contribution < 1.29 is 9.90 Å². The zero-order valence-electron chi connectivity index (χ0n) is 9.91. The molecule has 0 aromatic carbocycles. The Morgan fingerprint density at radius 2 is 1.73 bits per heavy atom. The fourth-order valence-electron chi connectivity index (χ4n) is 1.36. The second-order valence-corrected chi connectivity index (χ2v) is 3.75. The summed E-state index contributed by atoms with van der Waals surface area (Å²) in [4.78, 5) is 12.6. The summed E-state index contributed by atoms with van der Waals surface area (Å²) in [5.74, 6) is -0.860. The minimum atomic E-state index is -0.860. The van der Waals surface area contributed by atoms with E-state index in [9.17, 15) is 4.79 Å². The third-order valence-electron chi connectivity index (χ3n) is 2.28. The molecule has 0 spiro atoms.